The standard InChI is InChI=1S/C16H21ClO3/c1-2-3-4-5-6-7-14(17)15(18)12-8-10-13(11-9-12)16(19)20/h8-11,14H,2-7H2,1H3,(H,19,20). The van der Waals surface area contributed by atoms with Crippen molar-refractivity contribution in [3.8, 4) is 0 Å². The zero-order chi connectivity index (χ0) is 15.0. The number of unbranched alkanes of at least 4 members (excludes halogenated alkanes) is 4. The molecule has 0 amide bonds. The minimum atomic E-state index is -0.998. The first-order valence-electron chi connectivity index (χ1n) is 7.08. The molecule has 1 aromatic carbocycles. The predicted octanol–water partition coefficient (Wildman–Crippen LogP) is 4.54. The van der Waals surface area contributed by atoms with Crippen LogP contribution in [0.2, 0.25) is 0 Å². The van der Waals surface area contributed by atoms with Crippen molar-refractivity contribution in [2.45, 2.75) is 50.8 Å². The summed E-state index contributed by atoms with van der Waals surface area (Å²) in [5.74, 6) is -1.12. The van der Waals surface area contributed by atoms with Crippen molar-refractivity contribution in [2.24, 2.45) is 0 Å². The van der Waals surface area contributed by atoms with E-state index < -0.39 is 11.3 Å². The smallest absolute Gasteiger partial charge is 0.335 e. The Morgan fingerprint density at radius 1 is 1.05 bits per heavy atom. The Morgan fingerprint density at radius 2 is 1.60 bits per heavy atom. The molecule has 0 heterocycles. The lowest BCUT2D eigenvalue weighted by atomic mass is 10.0. The molecule has 1 rings (SSSR count). The van der Waals surface area contributed by atoms with Crippen LogP contribution in [0.15, 0.2) is 24.3 Å². The molecular weight excluding hydrogens is 276 g/mol. The SMILES string of the molecule is CCCCCCCC(Cl)C(=O)c1ccc(C(=O)O)cc1. The van der Waals surface area contributed by atoms with Gasteiger partial charge in [0.05, 0.1) is 10.9 Å². The second kappa shape index (κ2) is 8.75. The molecule has 0 radical (unpaired) electrons. The third kappa shape index (κ3) is 5.33. The molecule has 1 atom stereocenters. The summed E-state index contributed by atoms with van der Waals surface area (Å²) in [6.45, 7) is 2.16. The first kappa shape index (κ1) is 16.7. The zero-order valence-electron chi connectivity index (χ0n) is 11.8. The van der Waals surface area contributed by atoms with Gasteiger partial charge >= 0.3 is 5.97 Å². The van der Waals surface area contributed by atoms with Gasteiger partial charge in [-0.05, 0) is 18.6 Å². The van der Waals surface area contributed by atoms with E-state index in [0.717, 1.165) is 12.8 Å². The van der Waals surface area contributed by atoms with E-state index in [0.29, 0.717) is 12.0 Å². The Balaban J connectivity index is 2.45. The van der Waals surface area contributed by atoms with E-state index in [4.69, 9.17) is 16.7 Å². The number of carbonyl (C=O) groups is 2. The second-order valence-electron chi connectivity index (χ2n) is 4.92. The van der Waals surface area contributed by atoms with Crippen molar-refractivity contribution in [3.63, 3.8) is 0 Å². The van der Waals surface area contributed by atoms with Crippen LogP contribution in [0.3, 0.4) is 0 Å². The van der Waals surface area contributed by atoms with E-state index >= 15 is 0 Å². The van der Waals surface area contributed by atoms with Crippen LogP contribution < -0.4 is 0 Å². The number of alkyl halides is 1. The Labute approximate surface area is 125 Å². The highest BCUT2D eigenvalue weighted by molar-refractivity contribution is 6.33. The maximum Gasteiger partial charge on any atom is 0.335 e. The van der Waals surface area contributed by atoms with Crippen LogP contribution in [0, 0.1) is 0 Å². The highest BCUT2D eigenvalue weighted by atomic mass is 35.5. The van der Waals surface area contributed by atoms with E-state index in [2.05, 4.69) is 6.92 Å². The van der Waals surface area contributed by atoms with Crippen LogP contribution in [0.1, 0.15) is 66.2 Å². The predicted molar refractivity (Wildman–Crippen MR) is 80.7 cm³/mol. The minimum Gasteiger partial charge on any atom is -0.478 e. The third-order valence-corrected chi connectivity index (χ3v) is 3.68. The number of rotatable bonds is 9. The summed E-state index contributed by atoms with van der Waals surface area (Å²) in [5.41, 5.74) is 0.649. The van der Waals surface area contributed by atoms with Gasteiger partial charge in [-0.3, -0.25) is 4.79 Å². The lowest BCUT2D eigenvalue weighted by Crippen LogP contribution is -2.14. The summed E-state index contributed by atoms with van der Waals surface area (Å²) in [5, 5.41) is 8.28. The highest BCUT2D eigenvalue weighted by Gasteiger charge is 2.17. The number of carboxylic acids is 1. The second-order valence-corrected chi connectivity index (χ2v) is 5.44. The molecule has 20 heavy (non-hydrogen) atoms. The number of hydrogen-bond donors (Lipinski definition) is 1. The molecule has 0 fully saturated rings. The summed E-state index contributed by atoms with van der Waals surface area (Å²) in [6.07, 6.45) is 6.32. The Kier molecular flexibility index (Phi) is 7.31. The lowest BCUT2D eigenvalue weighted by molar-refractivity contribution is 0.0696. The minimum absolute atomic E-state index is 0.126. The molecule has 1 N–H and O–H groups in total. The third-order valence-electron chi connectivity index (χ3n) is 3.26. The fraction of sp³-hybridized carbons (Fsp3) is 0.500. The summed E-state index contributed by atoms with van der Waals surface area (Å²) in [4.78, 5) is 22.8. The summed E-state index contributed by atoms with van der Waals surface area (Å²) in [6, 6.07) is 5.91. The van der Waals surface area contributed by atoms with Gasteiger partial charge in [0, 0.05) is 5.56 Å². The molecule has 3 nitrogen and oxygen atoms in total. The van der Waals surface area contributed by atoms with Gasteiger partial charge in [0.2, 0.25) is 0 Å². The van der Waals surface area contributed by atoms with Crippen LogP contribution in [-0.2, 0) is 0 Å². The fourth-order valence-corrected chi connectivity index (χ4v) is 2.30. The van der Waals surface area contributed by atoms with Crippen molar-refractivity contribution in [3.05, 3.63) is 35.4 Å². The topological polar surface area (TPSA) is 54.4 Å². The van der Waals surface area contributed by atoms with E-state index in [1.807, 2.05) is 0 Å². The van der Waals surface area contributed by atoms with Gasteiger partial charge in [0.25, 0.3) is 0 Å². The maximum atomic E-state index is 12.1. The zero-order valence-corrected chi connectivity index (χ0v) is 12.5. The van der Waals surface area contributed by atoms with Gasteiger partial charge in [-0.15, -0.1) is 11.6 Å². The van der Waals surface area contributed by atoms with Crippen molar-refractivity contribution in [2.75, 3.05) is 0 Å². The number of Topliss-reactive ketones (excluding diaryl/α,β-unsaturated/α-hetero) is 1. The average molecular weight is 297 g/mol. The van der Waals surface area contributed by atoms with Crippen LogP contribution in [0.5, 0.6) is 0 Å². The quantitative estimate of drug-likeness (QED) is 0.413. The molecule has 0 aliphatic carbocycles. The highest BCUT2D eigenvalue weighted by Crippen LogP contribution is 2.16. The van der Waals surface area contributed by atoms with Crippen LogP contribution in [-0.4, -0.2) is 22.2 Å². The number of carboxylic acid groups (broad SMARTS) is 1. The molecule has 0 saturated heterocycles. The van der Waals surface area contributed by atoms with E-state index in [1.165, 1.54) is 43.5 Å². The molecule has 0 aliphatic heterocycles. The monoisotopic (exact) mass is 296 g/mol. The molecule has 1 aromatic rings. The Bertz CT molecular complexity index is 440. The van der Waals surface area contributed by atoms with Crippen LogP contribution in [0.25, 0.3) is 0 Å². The van der Waals surface area contributed by atoms with Crippen molar-refractivity contribution in [1.29, 1.82) is 0 Å². The number of carbonyl (C=O) groups excluding carboxylic acids is 1. The molecule has 0 spiro atoms. The normalized spacial score (nSPS) is 12.1. The van der Waals surface area contributed by atoms with Gasteiger partial charge in [-0.2, -0.15) is 0 Å². The lowest BCUT2D eigenvalue weighted by Gasteiger charge is -2.08. The number of hydrogen-bond acceptors (Lipinski definition) is 2. The molecule has 0 aliphatic rings. The number of ketones is 1. The maximum absolute atomic E-state index is 12.1. The Hall–Kier alpha value is -1.35. The van der Waals surface area contributed by atoms with Crippen molar-refractivity contribution < 1.29 is 14.7 Å². The summed E-state index contributed by atoms with van der Waals surface area (Å²) in [7, 11) is 0. The molecule has 4 heteroatoms. The van der Waals surface area contributed by atoms with Crippen LogP contribution >= 0.6 is 11.6 Å². The van der Waals surface area contributed by atoms with Gasteiger partial charge in [0.15, 0.2) is 5.78 Å². The molecule has 0 bridgehead atoms. The van der Waals surface area contributed by atoms with Gasteiger partial charge in [-0.25, -0.2) is 4.79 Å². The van der Waals surface area contributed by atoms with Gasteiger partial charge < -0.3 is 5.11 Å². The molecule has 0 aromatic heterocycles. The van der Waals surface area contributed by atoms with Crippen LogP contribution in [0.4, 0.5) is 0 Å². The van der Waals surface area contributed by atoms with E-state index in [1.54, 1.807) is 0 Å². The first-order valence-corrected chi connectivity index (χ1v) is 7.51. The largest absolute Gasteiger partial charge is 0.478 e. The van der Waals surface area contributed by atoms with E-state index in [-0.39, 0.29) is 11.3 Å². The molecule has 0 saturated carbocycles. The molecule has 110 valence electrons. The average Bonchev–Trinajstić information content (AvgIpc) is 2.46. The van der Waals surface area contributed by atoms with Gasteiger partial charge in [0.1, 0.15) is 0 Å². The van der Waals surface area contributed by atoms with Crippen molar-refractivity contribution >= 4 is 23.4 Å². The summed E-state index contributed by atoms with van der Waals surface area (Å²) >= 11 is 6.12. The number of benzene rings is 1. The van der Waals surface area contributed by atoms with Gasteiger partial charge in [-0.1, -0.05) is 51.2 Å². The number of halogens is 1. The number of aromatic carboxylic acids is 1. The summed E-state index contributed by atoms with van der Waals surface area (Å²) < 4.78 is 0. The molecular formula is C16H21ClO3. The van der Waals surface area contributed by atoms with E-state index in [9.17, 15) is 9.59 Å². The fourth-order valence-electron chi connectivity index (χ4n) is 2.02. The Morgan fingerprint density at radius 3 is 2.15 bits per heavy atom. The molecule has 1 unspecified atom stereocenters. The van der Waals surface area contributed by atoms with Crippen molar-refractivity contribution in [1.82, 2.24) is 0 Å². The first-order chi connectivity index (χ1) is 9.56.